The fraction of sp³-hybridized carbons (Fsp3) is 0.316. The van der Waals surface area contributed by atoms with Crippen LogP contribution in [0.1, 0.15) is 35.8 Å². The molecule has 0 aromatic heterocycles. The van der Waals surface area contributed by atoms with Gasteiger partial charge in [-0.25, -0.2) is 8.42 Å². The lowest BCUT2D eigenvalue weighted by Gasteiger charge is -2.21. The molecule has 1 N–H and O–H groups in total. The molecule has 6 nitrogen and oxygen atoms in total. The second-order valence-corrected chi connectivity index (χ2v) is 7.96. The van der Waals surface area contributed by atoms with Crippen LogP contribution < -0.4 is 14.4 Å². The molecule has 7 heteroatoms. The van der Waals surface area contributed by atoms with Gasteiger partial charge in [-0.3, -0.25) is 9.10 Å². The van der Waals surface area contributed by atoms with Crippen LogP contribution in [0.5, 0.6) is 5.75 Å². The molecule has 1 atom stereocenters. The Morgan fingerprint density at radius 2 is 1.77 bits per heavy atom. The number of hydrogen-bond donors (Lipinski definition) is 1. The summed E-state index contributed by atoms with van der Waals surface area (Å²) in [7, 11) is -2.04. The summed E-state index contributed by atoms with van der Waals surface area (Å²) >= 11 is 0. The highest BCUT2D eigenvalue weighted by atomic mass is 32.2. The van der Waals surface area contributed by atoms with Crippen LogP contribution in [0.15, 0.2) is 48.5 Å². The second-order valence-electron chi connectivity index (χ2n) is 5.94. The average Bonchev–Trinajstić information content (AvgIpc) is 2.61. The Kier molecular flexibility index (Phi) is 6.26. The van der Waals surface area contributed by atoms with Gasteiger partial charge >= 0.3 is 0 Å². The van der Waals surface area contributed by atoms with E-state index in [1.54, 1.807) is 24.3 Å². The zero-order chi connectivity index (χ0) is 19.3. The summed E-state index contributed by atoms with van der Waals surface area (Å²) in [5.41, 5.74) is 1.57. The molecule has 140 valence electrons. The van der Waals surface area contributed by atoms with Gasteiger partial charge in [0.25, 0.3) is 5.91 Å². The first kappa shape index (κ1) is 19.8. The molecule has 1 amide bonds. The van der Waals surface area contributed by atoms with Gasteiger partial charge < -0.3 is 10.1 Å². The topological polar surface area (TPSA) is 75.7 Å². The van der Waals surface area contributed by atoms with Gasteiger partial charge in [-0.05, 0) is 43.7 Å². The van der Waals surface area contributed by atoms with Gasteiger partial charge in [-0.15, -0.1) is 0 Å². The third-order valence-electron chi connectivity index (χ3n) is 4.02. The van der Waals surface area contributed by atoms with Gasteiger partial charge in [0.05, 0.1) is 30.2 Å². The third kappa shape index (κ3) is 4.76. The van der Waals surface area contributed by atoms with E-state index in [1.807, 2.05) is 38.1 Å². The molecule has 0 aliphatic heterocycles. The molecule has 0 saturated heterocycles. The summed E-state index contributed by atoms with van der Waals surface area (Å²) in [5, 5.41) is 2.91. The van der Waals surface area contributed by atoms with Gasteiger partial charge in [0.1, 0.15) is 5.75 Å². The normalized spacial score (nSPS) is 12.3. The van der Waals surface area contributed by atoms with Crippen molar-refractivity contribution in [3.63, 3.8) is 0 Å². The quantitative estimate of drug-likeness (QED) is 0.806. The fourth-order valence-electron chi connectivity index (χ4n) is 2.50. The third-order valence-corrected chi connectivity index (χ3v) is 5.22. The number of benzene rings is 2. The van der Waals surface area contributed by atoms with E-state index in [1.165, 1.54) is 7.05 Å². The van der Waals surface area contributed by atoms with Gasteiger partial charge in [-0.2, -0.15) is 0 Å². The number of para-hydroxylation sites is 1. The average molecular weight is 376 g/mol. The second kappa shape index (κ2) is 8.23. The predicted molar refractivity (Wildman–Crippen MR) is 103 cm³/mol. The Morgan fingerprint density at radius 1 is 1.15 bits per heavy atom. The molecular weight excluding hydrogens is 352 g/mol. The highest BCUT2D eigenvalue weighted by Gasteiger charge is 2.20. The number of carbonyl (C=O) groups is 1. The van der Waals surface area contributed by atoms with Gasteiger partial charge in [0.15, 0.2) is 0 Å². The summed E-state index contributed by atoms with van der Waals surface area (Å²) in [6.07, 6.45) is 1.10. The monoisotopic (exact) mass is 376 g/mol. The number of nitrogens with one attached hydrogen (secondary N) is 1. The van der Waals surface area contributed by atoms with Crippen molar-refractivity contribution in [3.8, 4) is 5.75 Å². The van der Waals surface area contributed by atoms with E-state index >= 15 is 0 Å². The Hall–Kier alpha value is -2.54. The van der Waals surface area contributed by atoms with E-state index in [4.69, 9.17) is 4.74 Å². The number of rotatable bonds is 7. The van der Waals surface area contributed by atoms with Crippen LogP contribution in [0.4, 0.5) is 5.69 Å². The maximum atomic E-state index is 12.7. The van der Waals surface area contributed by atoms with E-state index in [9.17, 15) is 13.2 Å². The number of sulfonamides is 1. The van der Waals surface area contributed by atoms with Gasteiger partial charge in [0, 0.05) is 7.05 Å². The van der Waals surface area contributed by atoms with Gasteiger partial charge in [-0.1, -0.05) is 24.3 Å². The van der Waals surface area contributed by atoms with Crippen molar-refractivity contribution in [2.45, 2.75) is 19.9 Å². The molecule has 0 spiro atoms. The first-order valence-electron chi connectivity index (χ1n) is 8.30. The first-order chi connectivity index (χ1) is 12.2. The summed E-state index contributed by atoms with van der Waals surface area (Å²) < 4.78 is 30.2. The summed E-state index contributed by atoms with van der Waals surface area (Å²) in [4.78, 5) is 12.7. The lowest BCUT2D eigenvalue weighted by Crippen LogP contribution is -2.31. The van der Waals surface area contributed by atoms with E-state index in [0.717, 1.165) is 21.9 Å². The summed E-state index contributed by atoms with van der Waals surface area (Å²) in [5.74, 6) is 0.437. The maximum absolute atomic E-state index is 12.7. The largest absolute Gasteiger partial charge is 0.494 e. The molecular formula is C19H24N2O4S. The number of amides is 1. The van der Waals surface area contributed by atoms with Crippen molar-refractivity contribution < 1.29 is 17.9 Å². The number of carbonyl (C=O) groups excluding carboxylic acids is 1. The van der Waals surface area contributed by atoms with Crippen molar-refractivity contribution in [1.29, 1.82) is 0 Å². The van der Waals surface area contributed by atoms with Gasteiger partial charge in [0.2, 0.25) is 10.0 Å². The molecule has 2 aromatic rings. The maximum Gasteiger partial charge on any atom is 0.253 e. The summed E-state index contributed by atoms with van der Waals surface area (Å²) in [6, 6.07) is 13.9. The Labute approximate surface area is 154 Å². The highest BCUT2D eigenvalue weighted by Crippen LogP contribution is 2.23. The number of hydrogen-bond acceptors (Lipinski definition) is 4. The molecule has 0 aliphatic rings. The van der Waals surface area contributed by atoms with Crippen LogP contribution in [-0.2, 0) is 10.0 Å². The highest BCUT2D eigenvalue weighted by molar-refractivity contribution is 7.92. The predicted octanol–water partition coefficient (Wildman–Crippen LogP) is 2.97. The first-order valence-corrected chi connectivity index (χ1v) is 10.2. The molecule has 0 heterocycles. The SMILES string of the molecule is CCOc1ccc([C@@H](C)NC(=O)c2ccccc2N(C)S(C)(=O)=O)cc1. The standard InChI is InChI=1S/C19H24N2O4S/c1-5-25-16-12-10-15(11-13-16)14(2)20-19(22)17-8-6-7-9-18(17)21(3)26(4,23)24/h6-14H,5H2,1-4H3,(H,20,22)/t14-/m1/s1. The molecule has 0 fully saturated rings. The van der Waals surface area contributed by atoms with Crippen molar-refractivity contribution in [2.24, 2.45) is 0 Å². The Bertz CT molecular complexity index is 863. The van der Waals surface area contributed by atoms with Crippen LogP contribution in [0.2, 0.25) is 0 Å². The minimum atomic E-state index is -3.46. The van der Waals surface area contributed by atoms with E-state index in [-0.39, 0.29) is 11.9 Å². The fourth-order valence-corrected chi connectivity index (χ4v) is 3.01. The van der Waals surface area contributed by atoms with Crippen LogP contribution >= 0.6 is 0 Å². The molecule has 2 aromatic carbocycles. The molecule has 0 unspecified atom stereocenters. The van der Waals surface area contributed by atoms with Crippen molar-refractivity contribution in [1.82, 2.24) is 5.32 Å². The van der Waals surface area contributed by atoms with Crippen molar-refractivity contribution in [3.05, 3.63) is 59.7 Å². The minimum Gasteiger partial charge on any atom is -0.494 e. The zero-order valence-electron chi connectivity index (χ0n) is 15.4. The molecule has 0 bridgehead atoms. The Balaban J connectivity index is 2.19. The molecule has 0 aliphatic carbocycles. The molecule has 0 saturated carbocycles. The Morgan fingerprint density at radius 3 is 2.35 bits per heavy atom. The minimum absolute atomic E-state index is 0.241. The number of nitrogens with zero attached hydrogens (tertiary/aromatic N) is 1. The lowest BCUT2D eigenvalue weighted by molar-refractivity contribution is 0.0940. The summed E-state index contributed by atoms with van der Waals surface area (Å²) in [6.45, 7) is 4.38. The zero-order valence-corrected chi connectivity index (χ0v) is 16.2. The van der Waals surface area contributed by atoms with E-state index in [0.29, 0.717) is 17.9 Å². The van der Waals surface area contributed by atoms with E-state index in [2.05, 4.69) is 5.32 Å². The van der Waals surface area contributed by atoms with Crippen molar-refractivity contribution in [2.75, 3.05) is 24.2 Å². The lowest BCUT2D eigenvalue weighted by atomic mass is 10.1. The molecule has 26 heavy (non-hydrogen) atoms. The van der Waals surface area contributed by atoms with Crippen molar-refractivity contribution >= 4 is 21.6 Å². The van der Waals surface area contributed by atoms with Crippen LogP contribution in [0.3, 0.4) is 0 Å². The van der Waals surface area contributed by atoms with Crippen LogP contribution in [-0.4, -0.2) is 34.2 Å². The van der Waals surface area contributed by atoms with E-state index < -0.39 is 10.0 Å². The van der Waals surface area contributed by atoms with Crippen LogP contribution in [0.25, 0.3) is 0 Å². The number of anilines is 1. The number of ether oxygens (including phenoxy) is 1. The molecule has 2 rings (SSSR count). The van der Waals surface area contributed by atoms with Crippen LogP contribution in [0, 0.1) is 0 Å². The molecule has 0 radical (unpaired) electrons. The smallest absolute Gasteiger partial charge is 0.253 e.